The first kappa shape index (κ1) is 22.9. The van der Waals surface area contributed by atoms with E-state index in [-0.39, 0.29) is 5.91 Å². The minimum Gasteiger partial charge on any atom is -0.497 e. The Bertz CT molecular complexity index is 1410. The minimum absolute atomic E-state index is 0.273. The van der Waals surface area contributed by atoms with Crippen LogP contribution in [0.4, 0.5) is 0 Å². The van der Waals surface area contributed by atoms with Crippen molar-refractivity contribution in [2.45, 2.75) is 0 Å². The van der Waals surface area contributed by atoms with Crippen LogP contribution < -0.4 is 10.2 Å². The maximum Gasteiger partial charge on any atom is 0.271 e. The molecule has 1 N–H and O–H groups in total. The van der Waals surface area contributed by atoms with E-state index in [0.717, 1.165) is 39.5 Å². The summed E-state index contributed by atoms with van der Waals surface area (Å²) < 4.78 is 7.37. The molecule has 0 bridgehead atoms. The highest BCUT2D eigenvalue weighted by Crippen LogP contribution is 2.32. The van der Waals surface area contributed by atoms with Crippen molar-refractivity contribution in [2.24, 2.45) is 5.10 Å². The van der Waals surface area contributed by atoms with Crippen LogP contribution in [0.1, 0.15) is 15.9 Å². The molecule has 0 spiro atoms. The van der Waals surface area contributed by atoms with Crippen molar-refractivity contribution in [3.63, 3.8) is 0 Å². The van der Waals surface area contributed by atoms with E-state index in [1.807, 2.05) is 84.9 Å². The maximum atomic E-state index is 12.7. The molecule has 0 fully saturated rings. The Balaban J connectivity index is 1.40. The van der Waals surface area contributed by atoms with Crippen LogP contribution in [0, 0.1) is 0 Å². The van der Waals surface area contributed by atoms with Gasteiger partial charge < -0.3 is 9.30 Å². The number of nitrogens with zero attached hydrogens (tertiary/aromatic N) is 2. The number of methoxy groups -OCH3 is 1. The lowest BCUT2D eigenvalue weighted by Crippen LogP contribution is -2.17. The zero-order valence-corrected chi connectivity index (χ0v) is 19.8. The highest BCUT2D eigenvalue weighted by atomic mass is 16.5. The number of carbonyl (C=O) groups excluding carboxylic acids is 1. The molecule has 5 nitrogen and oxygen atoms in total. The van der Waals surface area contributed by atoms with E-state index in [0.29, 0.717) is 5.56 Å². The fourth-order valence-electron chi connectivity index (χ4n) is 4.07. The van der Waals surface area contributed by atoms with Gasteiger partial charge in [-0.2, -0.15) is 5.10 Å². The minimum atomic E-state index is -0.273. The van der Waals surface area contributed by atoms with Crippen molar-refractivity contribution in [1.29, 1.82) is 0 Å². The van der Waals surface area contributed by atoms with E-state index in [9.17, 15) is 4.79 Å². The molecule has 0 radical (unpaired) electrons. The fraction of sp³-hybridized carbons (Fsp3) is 0.0323. The van der Waals surface area contributed by atoms with Crippen molar-refractivity contribution in [3.8, 4) is 34.0 Å². The van der Waals surface area contributed by atoms with Crippen molar-refractivity contribution < 1.29 is 9.53 Å². The first-order valence-electron chi connectivity index (χ1n) is 11.6. The summed E-state index contributed by atoms with van der Waals surface area (Å²) in [5.41, 5.74) is 9.35. The van der Waals surface area contributed by atoms with Crippen LogP contribution in [0.15, 0.2) is 126 Å². The third-order valence-electron chi connectivity index (χ3n) is 5.90. The summed E-state index contributed by atoms with van der Waals surface area (Å²) in [6.45, 7) is 0. The van der Waals surface area contributed by atoms with Crippen LogP contribution in [-0.2, 0) is 0 Å². The van der Waals surface area contributed by atoms with Gasteiger partial charge in [-0.05, 0) is 77.4 Å². The van der Waals surface area contributed by atoms with Crippen LogP contribution >= 0.6 is 0 Å². The van der Waals surface area contributed by atoms with Crippen LogP contribution in [0.5, 0.6) is 5.75 Å². The van der Waals surface area contributed by atoms with E-state index in [1.54, 1.807) is 13.3 Å². The van der Waals surface area contributed by atoms with Crippen molar-refractivity contribution in [2.75, 3.05) is 7.11 Å². The zero-order valence-electron chi connectivity index (χ0n) is 19.8. The first-order valence-corrected chi connectivity index (χ1v) is 11.6. The number of nitrogens with one attached hydrogen (secondary N) is 1. The second kappa shape index (κ2) is 10.6. The zero-order chi connectivity index (χ0) is 24.7. The summed E-state index contributed by atoms with van der Waals surface area (Å²) >= 11 is 0. The van der Waals surface area contributed by atoms with Crippen LogP contribution in [-0.4, -0.2) is 23.8 Å². The summed E-state index contributed by atoms with van der Waals surface area (Å²) in [6, 6.07) is 39.8. The molecule has 1 heterocycles. The Morgan fingerprint density at radius 2 is 1.28 bits per heavy atom. The molecule has 4 aromatic carbocycles. The van der Waals surface area contributed by atoms with Gasteiger partial charge in [-0.25, -0.2) is 5.43 Å². The molecule has 0 aliphatic rings. The van der Waals surface area contributed by atoms with Gasteiger partial charge in [0.05, 0.1) is 24.7 Å². The molecule has 5 aromatic rings. The Morgan fingerprint density at radius 1 is 0.722 bits per heavy atom. The lowest BCUT2D eigenvalue weighted by molar-refractivity contribution is 0.0955. The van der Waals surface area contributed by atoms with Crippen molar-refractivity contribution in [1.82, 2.24) is 9.99 Å². The average molecular weight is 472 g/mol. The molecule has 5 heteroatoms. The second-order valence-electron chi connectivity index (χ2n) is 8.19. The van der Waals surface area contributed by atoms with Gasteiger partial charge in [0.2, 0.25) is 0 Å². The molecule has 0 saturated heterocycles. The molecule has 0 saturated carbocycles. The number of amides is 1. The summed E-state index contributed by atoms with van der Waals surface area (Å²) in [7, 11) is 1.62. The van der Waals surface area contributed by atoms with Crippen LogP contribution in [0.25, 0.3) is 28.2 Å². The monoisotopic (exact) mass is 471 g/mol. The average Bonchev–Trinajstić information content (AvgIpc) is 3.40. The fourth-order valence-corrected chi connectivity index (χ4v) is 4.07. The van der Waals surface area contributed by atoms with Crippen LogP contribution in [0.2, 0.25) is 0 Å². The first-order chi connectivity index (χ1) is 17.7. The summed E-state index contributed by atoms with van der Waals surface area (Å²) in [5.74, 6) is 0.496. The van der Waals surface area contributed by atoms with Crippen molar-refractivity contribution >= 4 is 12.1 Å². The highest BCUT2D eigenvalue weighted by Gasteiger charge is 2.14. The van der Waals surface area contributed by atoms with E-state index in [2.05, 4.69) is 51.5 Å². The topological polar surface area (TPSA) is 55.6 Å². The van der Waals surface area contributed by atoms with Gasteiger partial charge in [0.1, 0.15) is 5.75 Å². The lowest BCUT2D eigenvalue weighted by Gasteiger charge is -2.15. The van der Waals surface area contributed by atoms with Gasteiger partial charge >= 0.3 is 0 Å². The van der Waals surface area contributed by atoms with E-state index in [1.165, 1.54) is 0 Å². The van der Waals surface area contributed by atoms with Gasteiger partial charge in [-0.1, -0.05) is 60.7 Å². The van der Waals surface area contributed by atoms with Gasteiger partial charge in [-0.3, -0.25) is 4.79 Å². The molecule has 0 aliphatic heterocycles. The third-order valence-corrected chi connectivity index (χ3v) is 5.90. The van der Waals surface area contributed by atoms with E-state index >= 15 is 0 Å². The predicted molar refractivity (Wildman–Crippen MR) is 145 cm³/mol. The standard InChI is InChI=1S/C31H25N3O2/c1-36-28-18-12-23(13-19-28)22-32-33-31(35)26-14-16-27(17-15-26)34-29(24-8-4-2-5-9-24)20-21-30(34)25-10-6-3-7-11-25/h2-22H,1H3,(H,33,35)/b32-22-. The quantitative estimate of drug-likeness (QED) is 0.215. The Hall–Kier alpha value is -4.90. The predicted octanol–water partition coefficient (Wildman–Crippen LogP) is 6.58. The number of ether oxygens (including phenoxy) is 1. The molecule has 1 aromatic heterocycles. The lowest BCUT2D eigenvalue weighted by atomic mass is 10.1. The number of rotatable bonds is 7. The maximum absolute atomic E-state index is 12.7. The number of hydrogen-bond acceptors (Lipinski definition) is 3. The number of benzene rings is 4. The second-order valence-corrected chi connectivity index (χ2v) is 8.19. The number of carbonyl (C=O) groups is 1. The third kappa shape index (κ3) is 4.95. The number of hydrogen-bond donors (Lipinski definition) is 1. The van der Waals surface area contributed by atoms with Crippen molar-refractivity contribution in [3.05, 3.63) is 132 Å². The number of hydrazone groups is 1. The largest absolute Gasteiger partial charge is 0.497 e. The summed E-state index contributed by atoms with van der Waals surface area (Å²) in [4.78, 5) is 12.7. The summed E-state index contributed by atoms with van der Waals surface area (Å²) in [5, 5.41) is 4.08. The van der Waals surface area contributed by atoms with E-state index < -0.39 is 0 Å². The van der Waals surface area contributed by atoms with Gasteiger partial charge in [0.15, 0.2) is 0 Å². The van der Waals surface area contributed by atoms with Crippen LogP contribution in [0.3, 0.4) is 0 Å². The smallest absolute Gasteiger partial charge is 0.271 e. The van der Waals surface area contributed by atoms with Gasteiger partial charge in [0, 0.05) is 11.3 Å². The summed E-state index contributed by atoms with van der Waals surface area (Å²) in [6.07, 6.45) is 1.60. The molecule has 0 unspecified atom stereocenters. The van der Waals surface area contributed by atoms with Gasteiger partial charge in [-0.15, -0.1) is 0 Å². The normalized spacial score (nSPS) is 10.9. The molecule has 176 valence electrons. The Labute approximate surface area is 210 Å². The SMILES string of the molecule is COc1ccc(/C=N\NC(=O)c2ccc(-n3c(-c4ccccc4)ccc3-c3ccccc3)cc2)cc1. The molecule has 0 atom stereocenters. The Kier molecular flexibility index (Phi) is 6.72. The molecule has 0 aliphatic carbocycles. The molecular formula is C31H25N3O2. The molecule has 36 heavy (non-hydrogen) atoms. The Morgan fingerprint density at radius 3 is 1.81 bits per heavy atom. The highest BCUT2D eigenvalue weighted by molar-refractivity contribution is 5.95. The van der Waals surface area contributed by atoms with E-state index in [4.69, 9.17) is 4.74 Å². The number of aromatic nitrogens is 1. The van der Waals surface area contributed by atoms with Gasteiger partial charge in [0.25, 0.3) is 5.91 Å². The molecule has 1 amide bonds. The molecular weight excluding hydrogens is 446 g/mol. The molecule has 5 rings (SSSR count).